The van der Waals surface area contributed by atoms with E-state index in [4.69, 9.17) is 17.3 Å². The maximum Gasteiger partial charge on any atom is 0.313 e. The van der Waals surface area contributed by atoms with Gasteiger partial charge in [0, 0.05) is 17.8 Å². The second-order valence-corrected chi connectivity index (χ2v) is 5.52. The average Bonchev–Trinajstić information content (AvgIpc) is 2.45. The highest BCUT2D eigenvalue weighted by atomic mass is 35.5. The minimum atomic E-state index is -0.852. The molecule has 1 aliphatic rings. The molecule has 1 fully saturated rings. The van der Waals surface area contributed by atoms with E-state index in [2.05, 4.69) is 10.6 Å². The summed E-state index contributed by atoms with van der Waals surface area (Å²) >= 11 is 5.54. The maximum absolute atomic E-state index is 13.3. The van der Waals surface area contributed by atoms with Gasteiger partial charge in [0.15, 0.2) is 0 Å². The van der Waals surface area contributed by atoms with E-state index in [1.165, 1.54) is 12.1 Å². The highest BCUT2D eigenvalue weighted by Crippen LogP contribution is 2.19. The lowest BCUT2D eigenvalue weighted by Crippen LogP contribution is -2.51. The summed E-state index contributed by atoms with van der Waals surface area (Å²) in [7, 11) is 0. The molecule has 114 valence electrons. The van der Waals surface area contributed by atoms with Crippen LogP contribution in [0.3, 0.4) is 0 Å². The first-order chi connectivity index (χ1) is 9.97. The topological polar surface area (TPSA) is 84.2 Å². The summed E-state index contributed by atoms with van der Waals surface area (Å²) in [5, 5.41) is 4.89. The molecule has 2 rings (SSSR count). The van der Waals surface area contributed by atoms with E-state index in [1.54, 1.807) is 0 Å². The van der Waals surface area contributed by atoms with Crippen LogP contribution in [0.5, 0.6) is 0 Å². The largest absolute Gasteiger partial charge is 0.344 e. The summed E-state index contributed by atoms with van der Waals surface area (Å²) in [6.07, 6.45) is 3.59. The summed E-state index contributed by atoms with van der Waals surface area (Å²) in [6.45, 7) is 0. The number of nitrogens with one attached hydrogen (secondary N) is 2. The van der Waals surface area contributed by atoms with Crippen molar-refractivity contribution in [1.29, 1.82) is 0 Å². The van der Waals surface area contributed by atoms with Crippen LogP contribution in [0.2, 0.25) is 5.02 Å². The second-order valence-electron chi connectivity index (χ2n) is 5.11. The number of hydrogen-bond acceptors (Lipinski definition) is 3. The first-order valence-electron chi connectivity index (χ1n) is 6.80. The van der Waals surface area contributed by atoms with E-state index in [1.807, 2.05) is 0 Å². The molecule has 0 aliphatic heterocycles. The zero-order chi connectivity index (χ0) is 15.4. The number of benzene rings is 1. The van der Waals surface area contributed by atoms with Crippen LogP contribution in [0.1, 0.15) is 25.7 Å². The van der Waals surface area contributed by atoms with Crippen molar-refractivity contribution in [2.75, 3.05) is 5.32 Å². The molecule has 0 spiro atoms. The predicted octanol–water partition coefficient (Wildman–Crippen LogP) is 1.80. The first kappa shape index (κ1) is 15.7. The predicted molar refractivity (Wildman–Crippen MR) is 78.4 cm³/mol. The molecule has 2 atom stereocenters. The van der Waals surface area contributed by atoms with Gasteiger partial charge >= 0.3 is 11.8 Å². The van der Waals surface area contributed by atoms with Crippen molar-refractivity contribution in [2.24, 2.45) is 5.73 Å². The van der Waals surface area contributed by atoms with Gasteiger partial charge in [0.1, 0.15) is 5.82 Å². The Hall–Kier alpha value is -1.66. The number of rotatable bonds is 2. The number of halogens is 2. The van der Waals surface area contributed by atoms with E-state index >= 15 is 0 Å². The first-order valence-corrected chi connectivity index (χ1v) is 7.17. The Bertz CT molecular complexity index is 553. The summed E-state index contributed by atoms with van der Waals surface area (Å²) in [4.78, 5) is 23.6. The molecule has 4 N–H and O–H groups in total. The molecule has 21 heavy (non-hydrogen) atoms. The third-order valence-electron chi connectivity index (χ3n) is 3.52. The van der Waals surface area contributed by atoms with Crippen LogP contribution in [0, 0.1) is 5.82 Å². The van der Waals surface area contributed by atoms with Crippen molar-refractivity contribution in [3.8, 4) is 0 Å². The van der Waals surface area contributed by atoms with Gasteiger partial charge in [-0.3, -0.25) is 9.59 Å². The number of hydrogen-bond donors (Lipinski definition) is 3. The summed E-state index contributed by atoms with van der Waals surface area (Å²) in [5.41, 5.74) is 6.08. The molecule has 2 unspecified atom stereocenters. The van der Waals surface area contributed by atoms with Crippen LogP contribution >= 0.6 is 11.6 Å². The van der Waals surface area contributed by atoms with Gasteiger partial charge in [-0.25, -0.2) is 4.39 Å². The Kier molecular flexibility index (Phi) is 5.14. The normalized spacial score (nSPS) is 21.7. The SMILES string of the molecule is NC1CCCCC1NC(=O)C(=O)Nc1ccc(Cl)c(F)c1. The Morgan fingerprint density at radius 2 is 1.95 bits per heavy atom. The average molecular weight is 314 g/mol. The Morgan fingerprint density at radius 1 is 1.24 bits per heavy atom. The molecule has 0 aromatic heterocycles. The fraction of sp³-hybridized carbons (Fsp3) is 0.429. The van der Waals surface area contributed by atoms with Gasteiger partial charge in [-0.05, 0) is 31.0 Å². The maximum atomic E-state index is 13.3. The fourth-order valence-electron chi connectivity index (χ4n) is 2.33. The summed E-state index contributed by atoms with van der Waals surface area (Å²) in [6, 6.07) is 3.45. The molecule has 5 nitrogen and oxygen atoms in total. The van der Waals surface area contributed by atoms with E-state index < -0.39 is 17.6 Å². The summed E-state index contributed by atoms with van der Waals surface area (Å²) < 4.78 is 13.3. The van der Waals surface area contributed by atoms with Crippen molar-refractivity contribution >= 4 is 29.1 Å². The van der Waals surface area contributed by atoms with Crippen molar-refractivity contribution < 1.29 is 14.0 Å². The van der Waals surface area contributed by atoms with Crippen molar-refractivity contribution in [1.82, 2.24) is 5.32 Å². The van der Waals surface area contributed by atoms with Gasteiger partial charge < -0.3 is 16.4 Å². The molecule has 0 saturated heterocycles. The number of nitrogens with two attached hydrogens (primary N) is 1. The monoisotopic (exact) mass is 313 g/mol. The lowest BCUT2D eigenvalue weighted by molar-refractivity contribution is -0.136. The molecular weight excluding hydrogens is 297 g/mol. The standard InChI is InChI=1S/C14H17ClFN3O2/c15-9-6-5-8(7-10(9)16)18-13(20)14(21)19-12-4-2-1-3-11(12)17/h5-7,11-12H,1-4,17H2,(H,18,20)(H,19,21). The molecule has 2 amide bonds. The third-order valence-corrected chi connectivity index (χ3v) is 3.83. The number of carbonyl (C=O) groups excluding carboxylic acids is 2. The quantitative estimate of drug-likeness (QED) is 0.728. The molecule has 1 aromatic carbocycles. The molecule has 1 aliphatic carbocycles. The Labute approximate surface area is 127 Å². The molecule has 1 saturated carbocycles. The molecule has 0 heterocycles. The van der Waals surface area contributed by atoms with Crippen LogP contribution < -0.4 is 16.4 Å². The van der Waals surface area contributed by atoms with E-state index in [0.717, 1.165) is 31.7 Å². The molecule has 7 heteroatoms. The minimum absolute atomic E-state index is 0.0503. The number of anilines is 1. The highest BCUT2D eigenvalue weighted by Gasteiger charge is 2.25. The molecule has 1 aromatic rings. The van der Waals surface area contributed by atoms with Gasteiger partial charge in [-0.2, -0.15) is 0 Å². The van der Waals surface area contributed by atoms with E-state index in [-0.39, 0.29) is 22.8 Å². The molecule has 0 bridgehead atoms. The van der Waals surface area contributed by atoms with Crippen molar-refractivity contribution in [3.05, 3.63) is 29.0 Å². The Morgan fingerprint density at radius 3 is 2.62 bits per heavy atom. The highest BCUT2D eigenvalue weighted by molar-refractivity contribution is 6.39. The number of amides is 2. The summed E-state index contributed by atoms with van der Waals surface area (Å²) in [5.74, 6) is -2.29. The van der Waals surface area contributed by atoms with Gasteiger partial charge in [0.2, 0.25) is 0 Å². The minimum Gasteiger partial charge on any atom is -0.344 e. The fourth-order valence-corrected chi connectivity index (χ4v) is 2.45. The third kappa shape index (κ3) is 4.15. The van der Waals surface area contributed by atoms with Gasteiger partial charge in [0.05, 0.1) is 5.02 Å². The van der Waals surface area contributed by atoms with E-state index in [0.29, 0.717) is 0 Å². The van der Waals surface area contributed by atoms with Crippen LogP contribution in [0.15, 0.2) is 18.2 Å². The zero-order valence-corrected chi connectivity index (χ0v) is 12.1. The molecule has 0 radical (unpaired) electrons. The number of carbonyl (C=O) groups is 2. The van der Waals surface area contributed by atoms with Crippen LogP contribution in [-0.2, 0) is 9.59 Å². The van der Waals surface area contributed by atoms with Gasteiger partial charge in [0.25, 0.3) is 0 Å². The van der Waals surface area contributed by atoms with Crippen LogP contribution in [0.4, 0.5) is 10.1 Å². The second kappa shape index (κ2) is 6.87. The Balaban J connectivity index is 1.93. The molecular formula is C14H17ClFN3O2. The van der Waals surface area contributed by atoms with Gasteiger partial charge in [-0.15, -0.1) is 0 Å². The van der Waals surface area contributed by atoms with Crippen LogP contribution in [0.25, 0.3) is 0 Å². The zero-order valence-electron chi connectivity index (χ0n) is 11.4. The smallest absolute Gasteiger partial charge is 0.313 e. The van der Waals surface area contributed by atoms with Crippen LogP contribution in [-0.4, -0.2) is 23.9 Å². The van der Waals surface area contributed by atoms with Crippen molar-refractivity contribution in [2.45, 2.75) is 37.8 Å². The lowest BCUT2D eigenvalue weighted by atomic mass is 9.91. The van der Waals surface area contributed by atoms with Crippen molar-refractivity contribution in [3.63, 3.8) is 0 Å². The van der Waals surface area contributed by atoms with Gasteiger partial charge in [-0.1, -0.05) is 24.4 Å². The lowest BCUT2D eigenvalue weighted by Gasteiger charge is -2.28. The van der Waals surface area contributed by atoms with E-state index in [9.17, 15) is 14.0 Å².